The van der Waals surface area contributed by atoms with E-state index in [-0.39, 0.29) is 0 Å². The summed E-state index contributed by atoms with van der Waals surface area (Å²) in [4.78, 5) is 0. The molecule has 1 atom stereocenters. The zero-order chi connectivity index (χ0) is 10.5. The quantitative estimate of drug-likeness (QED) is 0.570. The van der Waals surface area contributed by atoms with Crippen molar-refractivity contribution in [3.63, 3.8) is 0 Å². The Morgan fingerprint density at radius 3 is 3.00 bits per heavy atom. The van der Waals surface area contributed by atoms with Gasteiger partial charge in [0.1, 0.15) is 0 Å². The third-order valence-electron chi connectivity index (χ3n) is 3.11. The van der Waals surface area contributed by atoms with Gasteiger partial charge < -0.3 is 5.32 Å². The highest BCUT2D eigenvalue weighted by molar-refractivity contribution is 5.40. The van der Waals surface area contributed by atoms with Gasteiger partial charge in [-0.2, -0.15) is 0 Å². The SMILES string of the molecule is CNCCC=CCC1Cc2ccccc21. The lowest BCUT2D eigenvalue weighted by Gasteiger charge is -2.29. The minimum absolute atomic E-state index is 0.784. The zero-order valence-corrected chi connectivity index (χ0v) is 9.37. The molecule has 0 fully saturated rings. The average Bonchev–Trinajstić information content (AvgIpc) is 2.24. The van der Waals surface area contributed by atoms with Crippen molar-refractivity contribution in [2.75, 3.05) is 13.6 Å². The van der Waals surface area contributed by atoms with Gasteiger partial charge in [-0.1, -0.05) is 36.4 Å². The fraction of sp³-hybridized carbons (Fsp3) is 0.429. The zero-order valence-electron chi connectivity index (χ0n) is 9.37. The molecule has 0 radical (unpaired) electrons. The number of fused-ring (bicyclic) bond motifs is 1. The summed E-state index contributed by atoms with van der Waals surface area (Å²) >= 11 is 0. The first-order valence-electron chi connectivity index (χ1n) is 5.79. The molecule has 1 heteroatoms. The van der Waals surface area contributed by atoms with Crippen molar-refractivity contribution in [2.24, 2.45) is 0 Å². The first-order chi connectivity index (χ1) is 7.42. The average molecular weight is 201 g/mol. The normalized spacial score (nSPS) is 18.9. The number of hydrogen-bond donors (Lipinski definition) is 1. The van der Waals surface area contributed by atoms with Crippen LogP contribution in [0.3, 0.4) is 0 Å². The highest BCUT2D eigenvalue weighted by Crippen LogP contribution is 2.37. The Morgan fingerprint density at radius 1 is 1.33 bits per heavy atom. The first-order valence-corrected chi connectivity index (χ1v) is 5.79. The molecule has 0 heterocycles. The molecule has 1 aliphatic rings. The van der Waals surface area contributed by atoms with Gasteiger partial charge in [0.05, 0.1) is 0 Å². The van der Waals surface area contributed by atoms with E-state index in [0.29, 0.717) is 0 Å². The second kappa shape index (κ2) is 5.13. The maximum atomic E-state index is 3.15. The van der Waals surface area contributed by atoms with Gasteiger partial charge in [-0.05, 0) is 49.9 Å². The van der Waals surface area contributed by atoms with E-state index >= 15 is 0 Å². The fourth-order valence-electron chi connectivity index (χ4n) is 2.18. The van der Waals surface area contributed by atoms with Crippen LogP contribution in [0, 0.1) is 0 Å². The second-order valence-electron chi connectivity index (χ2n) is 4.20. The van der Waals surface area contributed by atoms with Crippen molar-refractivity contribution < 1.29 is 0 Å². The van der Waals surface area contributed by atoms with E-state index in [1.54, 1.807) is 11.1 Å². The molecule has 1 aromatic rings. The lowest BCUT2D eigenvalue weighted by Crippen LogP contribution is -2.15. The minimum atomic E-state index is 0.784. The predicted molar refractivity (Wildman–Crippen MR) is 65.2 cm³/mol. The largest absolute Gasteiger partial charge is 0.319 e. The topological polar surface area (TPSA) is 12.0 Å². The van der Waals surface area contributed by atoms with E-state index in [9.17, 15) is 0 Å². The van der Waals surface area contributed by atoms with Crippen LogP contribution < -0.4 is 5.32 Å². The molecule has 15 heavy (non-hydrogen) atoms. The summed E-state index contributed by atoms with van der Waals surface area (Å²) in [5.74, 6) is 0.784. The fourth-order valence-corrected chi connectivity index (χ4v) is 2.18. The Labute approximate surface area is 92.2 Å². The molecule has 0 bridgehead atoms. The van der Waals surface area contributed by atoms with Crippen LogP contribution in [0.25, 0.3) is 0 Å². The summed E-state index contributed by atoms with van der Waals surface area (Å²) in [6.45, 7) is 1.08. The van der Waals surface area contributed by atoms with E-state index < -0.39 is 0 Å². The number of benzene rings is 1. The van der Waals surface area contributed by atoms with Gasteiger partial charge in [-0.25, -0.2) is 0 Å². The Kier molecular flexibility index (Phi) is 3.57. The maximum absolute atomic E-state index is 3.15. The van der Waals surface area contributed by atoms with Crippen molar-refractivity contribution in [2.45, 2.75) is 25.2 Å². The number of allylic oxidation sites excluding steroid dienone is 1. The van der Waals surface area contributed by atoms with Gasteiger partial charge in [0.25, 0.3) is 0 Å². The monoisotopic (exact) mass is 201 g/mol. The molecular formula is C14H19N. The third kappa shape index (κ3) is 2.48. The molecule has 1 nitrogen and oxygen atoms in total. The minimum Gasteiger partial charge on any atom is -0.319 e. The molecule has 1 N–H and O–H groups in total. The van der Waals surface area contributed by atoms with E-state index in [1.807, 2.05) is 7.05 Å². The van der Waals surface area contributed by atoms with E-state index in [0.717, 1.165) is 18.9 Å². The van der Waals surface area contributed by atoms with Crippen LogP contribution in [-0.2, 0) is 6.42 Å². The summed E-state index contributed by atoms with van der Waals surface area (Å²) in [6.07, 6.45) is 8.24. The van der Waals surface area contributed by atoms with Gasteiger partial charge in [0, 0.05) is 0 Å². The molecule has 1 unspecified atom stereocenters. The van der Waals surface area contributed by atoms with E-state index in [2.05, 4.69) is 41.7 Å². The van der Waals surface area contributed by atoms with Gasteiger partial charge in [0.15, 0.2) is 0 Å². The maximum Gasteiger partial charge on any atom is -0.00173 e. The highest BCUT2D eigenvalue weighted by atomic mass is 14.8. The summed E-state index contributed by atoms with van der Waals surface area (Å²) in [5, 5.41) is 3.15. The van der Waals surface area contributed by atoms with Crippen LogP contribution in [-0.4, -0.2) is 13.6 Å². The second-order valence-corrected chi connectivity index (χ2v) is 4.20. The molecule has 0 amide bonds. The molecule has 80 valence electrons. The van der Waals surface area contributed by atoms with E-state index in [1.165, 1.54) is 12.8 Å². The lowest BCUT2D eigenvalue weighted by molar-refractivity contribution is 0.615. The number of rotatable bonds is 5. The van der Waals surface area contributed by atoms with Crippen LogP contribution in [0.5, 0.6) is 0 Å². The van der Waals surface area contributed by atoms with Crippen LogP contribution >= 0.6 is 0 Å². The van der Waals surface area contributed by atoms with Crippen molar-refractivity contribution in [3.8, 4) is 0 Å². The summed E-state index contributed by atoms with van der Waals surface area (Å²) < 4.78 is 0. The van der Waals surface area contributed by atoms with Gasteiger partial charge >= 0.3 is 0 Å². The lowest BCUT2D eigenvalue weighted by atomic mass is 9.76. The Morgan fingerprint density at radius 2 is 2.20 bits per heavy atom. The van der Waals surface area contributed by atoms with Crippen LogP contribution in [0.1, 0.15) is 29.9 Å². The molecule has 0 saturated carbocycles. The number of nitrogens with one attached hydrogen (secondary N) is 1. The van der Waals surface area contributed by atoms with Gasteiger partial charge in [0.2, 0.25) is 0 Å². The predicted octanol–water partition coefficient (Wildman–Crippen LogP) is 2.88. The molecule has 2 rings (SSSR count). The van der Waals surface area contributed by atoms with Crippen molar-refractivity contribution in [1.29, 1.82) is 0 Å². The molecule has 0 spiro atoms. The van der Waals surface area contributed by atoms with Crippen molar-refractivity contribution >= 4 is 0 Å². The molecule has 1 aromatic carbocycles. The van der Waals surface area contributed by atoms with Crippen LogP contribution in [0.2, 0.25) is 0 Å². The van der Waals surface area contributed by atoms with Crippen molar-refractivity contribution in [3.05, 3.63) is 47.5 Å². The standard InChI is InChI=1S/C14H19N/c1-15-10-6-2-3-7-12-11-13-8-4-5-9-14(12)13/h2-5,8-9,12,15H,6-7,10-11H2,1H3. The summed E-state index contributed by atoms with van der Waals surface area (Å²) in [6, 6.07) is 8.80. The highest BCUT2D eigenvalue weighted by Gasteiger charge is 2.23. The Bertz CT molecular complexity index is 341. The summed E-state index contributed by atoms with van der Waals surface area (Å²) in [5.41, 5.74) is 3.11. The third-order valence-corrected chi connectivity index (χ3v) is 3.11. The van der Waals surface area contributed by atoms with Crippen molar-refractivity contribution in [1.82, 2.24) is 5.32 Å². The molecule has 0 saturated heterocycles. The van der Waals surface area contributed by atoms with Crippen LogP contribution in [0.15, 0.2) is 36.4 Å². The Hall–Kier alpha value is -1.08. The molecule has 0 aromatic heterocycles. The number of hydrogen-bond acceptors (Lipinski definition) is 1. The Balaban J connectivity index is 1.77. The van der Waals surface area contributed by atoms with Gasteiger partial charge in [-0.15, -0.1) is 0 Å². The van der Waals surface area contributed by atoms with Gasteiger partial charge in [-0.3, -0.25) is 0 Å². The first kappa shape index (κ1) is 10.4. The summed E-state index contributed by atoms with van der Waals surface area (Å²) in [7, 11) is 2.00. The molecule has 0 aliphatic heterocycles. The smallest absolute Gasteiger partial charge is 0.00173 e. The van der Waals surface area contributed by atoms with E-state index in [4.69, 9.17) is 0 Å². The van der Waals surface area contributed by atoms with Crippen LogP contribution in [0.4, 0.5) is 0 Å². The molecular weight excluding hydrogens is 182 g/mol. The molecule has 1 aliphatic carbocycles.